The first-order valence-electron chi connectivity index (χ1n) is 8.50. The second-order valence-corrected chi connectivity index (χ2v) is 8.24. The van der Waals surface area contributed by atoms with Crippen LogP contribution in [-0.4, -0.2) is 21.4 Å². The standard InChI is InChI=1S/C21H19FN2O3S/c1-15-11-12-19(22)20(13-15)23-21(25)16-7-6-10-18(14-16)28(26,27)24(2)17-8-4-3-5-9-17/h3-14H,1-2H3,(H,23,25). The van der Waals surface area contributed by atoms with E-state index in [-0.39, 0.29) is 16.1 Å². The molecule has 28 heavy (non-hydrogen) atoms. The Bertz CT molecular complexity index is 1120. The first kappa shape index (κ1) is 19.6. The minimum absolute atomic E-state index is 0.0313. The Labute approximate surface area is 163 Å². The summed E-state index contributed by atoms with van der Waals surface area (Å²) in [6.45, 7) is 1.78. The molecule has 3 rings (SSSR count). The van der Waals surface area contributed by atoms with Gasteiger partial charge in [-0.15, -0.1) is 0 Å². The third-order valence-corrected chi connectivity index (χ3v) is 6.03. The number of nitrogens with zero attached hydrogens (tertiary/aromatic N) is 1. The van der Waals surface area contributed by atoms with Crippen molar-refractivity contribution in [2.75, 3.05) is 16.7 Å². The summed E-state index contributed by atoms with van der Waals surface area (Å²) in [5.41, 5.74) is 1.44. The van der Waals surface area contributed by atoms with Crippen LogP contribution < -0.4 is 9.62 Å². The molecular formula is C21H19FN2O3S. The van der Waals surface area contributed by atoms with E-state index in [1.807, 2.05) is 0 Å². The minimum atomic E-state index is -3.86. The Hall–Kier alpha value is -3.19. The Kier molecular flexibility index (Phi) is 5.46. The third-order valence-electron chi connectivity index (χ3n) is 4.24. The van der Waals surface area contributed by atoms with Gasteiger partial charge in [-0.1, -0.05) is 30.3 Å². The third kappa shape index (κ3) is 4.04. The van der Waals surface area contributed by atoms with Gasteiger partial charge in [0.15, 0.2) is 0 Å². The molecule has 0 aliphatic heterocycles. The summed E-state index contributed by atoms with van der Waals surface area (Å²) in [5, 5.41) is 2.48. The van der Waals surface area contributed by atoms with Crippen LogP contribution in [0.1, 0.15) is 15.9 Å². The molecule has 7 heteroatoms. The van der Waals surface area contributed by atoms with E-state index in [0.29, 0.717) is 5.69 Å². The molecule has 0 saturated heterocycles. The summed E-state index contributed by atoms with van der Waals surface area (Å²) in [6.07, 6.45) is 0. The highest BCUT2D eigenvalue weighted by Crippen LogP contribution is 2.23. The zero-order valence-electron chi connectivity index (χ0n) is 15.4. The summed E-state index contributed by atoms with van der Waals surface area (Å²) < 4.78 is 40.8. The molecule has 1 amide bonds. The van der Waals surface area contributed by atoms with E-state index in [2.05, 4.69) is 5.32 Å². The number of carbonyl (C=O) groups excluding carboxylic acids is 1. The van der Waals surface area contributed by atoms with E-state index >= 15 is 0 Å². The van der Waals surface area contributed by atoms with Crippen LogP contribution in [-0.2, 0) is 10.0 Å². The number of carbonyl (C=O) groups is 1. The molecule has 0 heterocycles. The van der Waals surface area contributed by atoms with Crippen molar-refractivity contribution in [3.05, 3.63) is 89.7 Å². The maximum atomic E-state index is 13.9. The average molecular weight is 398 g/mol. The number of nitrogens with one attached hydrogen (secondary N) is 1. The van der Waals surface area contributed by atoms with Gasteiger partial charge in [-0.3, -0.25) is 9.10 Å². The molecule has 144 valence electrons. The van der Waals surface area contributed by atoms with Gasteiger partial charge in [-0.2, -0.15) is 0 Å². The van der Waals surface area contributed by atoms with Gasteiger partial charge in [0.2, 0.25) is 0 Å². The van der Waals surface area contributed by atoms with E-state index in [9.17, 15) is 17.6 Å². The predicted octanol–water partition coefficient (Wildman–Crippen LogP) is 4.21. The van der Waals surface area contributed by atoms with Gasteiger partial charge < -0.3 is 5.32 Å². The SMILES string of the molecule is Cc1ccc(F)c(NC(=O)c2cccc(S(=O)(=O)N(C)c3ccccc3)c2)c1. The molecule has 0 bridgehead atoms. The van der Waals surface area contributed by atoms with Gasteiger partial charge in [0.1, 0.15) is 5.82 Å². The first-order valence-corrected chi connectivity index (χ1v) is 9.94. The summed E-state index contributed by atoms with van der Waals surface area (Å²) in [5.74, 6) is -1.16. The highest BCUT2D eigenvalue weighted by molar-refractivity contribution is 7.92. The van der Waals surface area contributed by atoms with Crippen molar-refractivity contribution in [1.82, 2.24) is 0 Å². The number of rotatable bonds is 5. The van der Waals surface area contributed by atoms with E-state index in [1.54, 1.807) is 43.3 Å². The van der Waals surface area contributed by atoms with Crippen molar-refractivity contribution >= 4 is 27.3 Å². The molecule has 0 atom stereocenters. The number of sulfonamides is 1. The van der Waals surface area contributed by atoms with Crippen LogP contribution in [0, 0.1) is 12.7 Å². The number of hydrogen-bond acceptors (Lipinski definition) is 3. The molecule has 0 unspecified atom stereocenters. The number of benzene rings is 3. The minimum Gasteiger partial charge on any atom is -0.319 e. The lowest BCUT2D eigenvalue weighted by Crippen LogP contribution is -2.26. The fraction of sp³-hybridized carbons (Fsp3) is 0.0952. The highest BCUT2D eigenvalue weighted by atomic mass is 32.2. The fourth-order valence-corrected chi connectivity index (χ4v) is 3.90. The van der Waals surface area contributed by atoms with E-state index in [4.69, 9.17) is 0 Å². The summed E-state index contributed by atoms with van der Waals surface area (Å²) in [6, 6.07) is 18.6. The van der Waals surface area contributed by atoms with E-state index in [1.165, 1.54) is 43.4 Å². The Morgan fingerprint density at radius 2 is 1.68 bits per heavy atom. The number of hydrogen-bond donors (Lipinski definition) is 1. The van der Waals surface area contributed by atoms with E-state index < -0.39 is 21.7 Å². The molecule has 0 fully saturated rings. The zero-order chi connectivity index (χ0) is 20.3. The van der Waals surface area contributed by atoms with Crippen LogP contribution in [0.2, 0.25) is 0 Å². The van der Waals surface area contributed by atoms with Crippen LogP contribution in [0.3, 0.4) is 0 Å². The molecule has 0 aliphatic carbocycles. The number of halogens is 1. The molecule has 3 aromatic rings. The Balaban J connectivity index is 1.89. The molecule has 0 saturated carbocycles. The van der Waals surface area contributed by atoms with Gasteiger partial charge in [0, 0.05) is 12.6 Å². The molecule has 1 N–H and O–H groups in total. The quantitative estimate of drug-likeness (QED) is 0.700. The number of amides is 1. The van der Waals surface area contributed by atoms with Crippen molar-refractivity contribution in [3.8, 4) is 0 Å². The van der Waals surface area contributed by atoms with Gasteiger partial charge in [-0.05, 0) is 55.0 Å². The largest absolute Gasteiger partial charge is 0.319 e. The number of aryl methyl sites for hydroxylation is 1. The Morgan fingerprint density at radius 3 is 2.39 bits per heavy atom. The maximum Gasteiger partial charge on any atom is 0.264 e. The van der Waals surface area contributed by atoms with Crippen molar-refractivity contribution < 1.29 is 17.6 Å². The molecule has 0 spiro atoms. The zero-order valence-corrected chi connectivity index (χ0v) is 16.2. The fourth-order valence-electron chi connectivity index (χ4n) is 2.66. The van der Waals surface area contributed by atoms with Crippen molar-refractivity contribution in [2.45, 2.75) is 11.8 Å². The average Bonchev–Trinajstić information content (AvgIpc) is 2.71. The molecule has 0 radical (unpaired) electrons. The van der Waals surface area contributed by atoms with Crippen LogP contribution in [0.4, 0.5) is 15.8 Å². The molecular weight excluding hydrogens is 379 g/mol. The first-order chi connectivity index (χ1) is 13.3. The van der Waals surface area contributed by atoms with Crippen molar-refractivity contribution in [2.24, 2.45) is 0 Å². The monoisotopic (exact) mass is 398 g/mol. The Morgan fingerprint density at radius 1 is 0.964 bits per heavy atom. The van der Waals surface area contributed by atoms with Gasteiger partial charge in [0.25, 0.3) is 15.9 Å². The maximum absolute atomic E-state index is 13.9. The van der Waals surface area contributed by atoms with Gasteiger partial charge in [-0.25, -0.2) is 12.8 Å². The topological polar surface area (TPSA) is 66.5 Å². The van der Waals surface area contributed by atoms with Crippen LogP contribution in [0.5, 0.6) is 0 Å². The molecule has 0 aromatic heterocycles. The molecule has 5 nitrogen and oxygen atoms in total. The number of para-hydroxylation sites is 1. The molecule has 0 aliphatic rings. The lowest BCUT2D eigenvalue weighted by molar-refractivity contribution is 0.102. The molecule has 3 aromatic carbocycles. The van der Waals surface area contributed by atoms with Crippen LogP contribution in [0.25, 0.3) is 0 Å². The predicted molar refractivity (Wildman–Crippen MR) is 108 cm³/mol. The lowest BCUT2D eigenvalue weighted by atomic mass is 10.2. The summed E-state index contributed by atoms with van der Waals surface area (Å²) in [4.78, 5) is 12.5. The van der Waals surface area contributed by atoms with Gasteiger partial charge in [0.05, 0.1) is 16.3 Å². The summed E-state index contributed by atoms with van der Waals surface area (Å²) >= 11 is 0. The normalized spacial score (nSPS) is 11.1. The van der Waals surface area contributed by atoms with Crippen LogP contribution >= 0.6 is 0 Å². The van der Waals surface area contributed by atoms with Crippen molar-refractivity contribution in [3.63, 3.8) is 0 Å². The summed E-state index contributed by atoms with van der Waals surface area (Å²) in [7, 11) is -2.41. The second-order valence-electron chi connectivity index (χ2n) is 6.27. The highest BCUT2D eigenvalue weighted by Gasteiger charge is 2.22. The second kappa shape index (κ2) is 7.82. The number of anilines is 2. The van der Waals surface area contributed by atoms with E-state index in [0.717, 1.165) is 9.87 Å². The lowest BCUT2D eigenvalue weighted by Gasteiger charge is -2.19. The van der Waals surface area contributed by atoms with Gasteiger partial charge >= 0.3 is 0 Å². The van der Waals surface area contributed by atoms with Crippen LogP contribution in [0.15, 0.2) is 77.7 Å². The smallest absolute Gasteiger partial charge is 0.264 e. The van der Waals surface area contributed by atoms with Crippen molar-refractivity contribution in [1.29, 1.82) is 0 Å².